The molecule has 0 atom stereocenters. The summed E-state index contributed by atoms with van der Waals surface area (Å²) in [6.45, 7) is 3.24. The molecule has 0 aromatic heterocycles. The van der Waals surface area contributed by atoms with Crippen molar-refractivity contribution in [3.63, 3.8) is 0 Å². The van der Waals surface area contributed by atoms with Gasteiger partial charge in [-0.3, -0.25) is 19.2 Å². The summed E-state index contributed by atoms with van der Waals surface area (Å²) in [5.41, 5.74) is 2.65. The molecule has 0 bridgehead atoms. The van der Waals surface area contributed by atoms with Crippen molar-refractivity contribution in [2.45, 2.75) is 51.4 Å². The van der Waals surface area contributed by atoms with Crippen LogP contribution in [0.15, 0.2) is 48.5 Å². The number of hydrogen-bond acceptors (Lipinski definition) is 4. The zero-order valence-corrected chi connectivity index (χ0v) is 21.8. The van der Waals surface area contributed by atoms with Crippen LogP contribution in [0.5, 0.6) is 0 Å². The molecule has 3 aliphatic rings. The van der Waals surface area contributed by atoms with Gasteiger partial charge in [-0.1, -0.05) is 0 Å². The number of nitrogens with one attached hydrogen (secondary N) is 2. The number of nitrogens with zero attached hydrogens (tertiary/aromatic N) is 2. The van der Waals surface area contributed by atoms with Crippen molar-refractivity contribution in [1.82, 2.24) is 9.80 Å². The molecule has 2 saturated heterocycles. The fourth-order valence-corrected chi connectivity index (χ4v) is 5.70. The third-order valence-corrected chi connectivity index (χ3v) is 8.05. The molecule has 2 aliphatic heterocycles. The standard InChI is InChI=1S/C30H36N4O4/c35-27(31-25-13-9-23(10-14-25)29(37)33-17-1-2-18-33)21-5-7-22(8-6-21)28(36)32-26-15-11-24(12-16-26)30(38)34-19-3-4-20-34/h9-16,21-22H,1-8,17-20H2,(H,31,35)(H,32,36). The van der Waals surface area contributed by atoms with E-state index in [1.165, 1.54) is 0 Å². The van der Waals surface area contributed by atoms with Crippen molar-refractivity contribution in [2.75, 3.05) is 36.8 Å². The highest BCUT2D eigenvalue weighted by atomic mass is 16.2. The monoisotopic (exact) mass is 516 g/mol. The molecule has 8 nitrogen and oxygen atoms in total. The van der Waals surface area contributed by atoms with Gasteiger partial charge in [0.15, 0.2) is 0 Å². The fraction of sp³-hybridized carbons (Fsp3) is 0.467. The van der Waals surface area contributed by atoms with Crippen LogP contribution >= 0.6 is 0 Å². The van der Waals surface area contributed by atoms with Crippen molar-refractivity contribution in [3.8, 4) is 0 Å². The molecule has 2 heterocycles. The van der Waals surface area contributed by atoms with E-state index in [1.807, 2.05) is 9.80 Å². The fourth-order valence-electron chi connectivity index (χ4n) is 5.70. The average Bonchev–Trinajstić information content (AvgIpc) is 3.69. The SMILES string of the molecule is O=C(Nc1ccc(C(=O)N2CCCC2)cc1)C1CCC(C(=O)Nc2ccc(C(=O)N3CCCC3)cc2)CC1. The quantitative estimate of drug-likeness (QED) is 0.589. The van der Waals surface area contributed by atoms with Crippen LogP contribution in [0, 0.1) is 11.8 Å². The summed E-state index contributed by atoms with van der Waals surface area (Å²) in [6.07, 6.45) is 6.82. The van der Waals surface area contributed by atoms with E-state index in [4.69, 9.17) is 0 Å². The molecule has 1 saturated carbocycles. The first-order chi connectivity index (χ1) is 18.5. The largest absolute Gasteiger partial charge is 0.339 e. The topological polar surface area (TPSA) is 98.8 Å². The maximum Gasteiger partial charge on any atom is 0.253 e. The first-order valence-corrected chi connectivity index (χ1v) is 13.9. The minimum absolute atomic E-state index is 0.0410. The van der Waals surface area contributed by atoms with Crippen molar-refractivity contribution < 1.29 is 19.2 Å². The Labute approximate surface area is 223 Å². The number of rotatable bonds is 6. The third-order valence-electron chi connectivity index (χ3n) is 8.05. The zero-order chi connectivity index (χ0) is 26.5. The molecule has 2 aromatic rings. The average molecular weight is 517 g/mol. The number of hydrogen-bond donors (Lipinski definition) is 2. The van der Waals surface area contributed by atoms with Gasteiger partial charge in [0.25, 0.3) is 11.8 Å². The molecule has 0 radical (unpaired) electrons. The summed E-state index contributed by atoms with van der Waals surface area (Å²) < 4.78 is 0. The lowest BCUT2D eigenvalue weighted by Gasteiger charge is -2.27. The van der Waals surface area contributed by atoms with Gasteiger partial charge in [-0.2, -0.15) is 0 Å². The van der Waals surface area contributed by atoms with Crippen LogP contribution in [0.1, 0.15) is 72.1 Å². The third kappa shape index (κ3) is 6.06. The second kappa shape index (κ2) is 11.8. The summed E-state index contributed by atoms with van der Waals surface area (Å²) in [7, 11) is 0. The van der Waals surface area contributed by atoms with E-state index in [-0.39, 0.29) is 35.5 Å². The number of amides is 4. The minimum atomic E-state index is -0.138. The Morgan fingerprint density at radius 3 is 1.16 bits per heavy atom. The Morgan fingerprint density at radius 1 is 0.526 bits per heavy atom. The second-order valence-corrected chi connectivity index (χ2v) is 10.7. The normalized spacial score (nSPS) is 21.3. The molecule has 38 heavy (non-hydrogen) atoms. The van der Waals surface area contributed by atoms with Crippen molar-refractivity contribution in [3.05, 3.63) is 59.7 Å². The van der Waals surface area contributed by atoms with Crippen molar-refractivity contribution in [2.24, 2.45) is 11.8 Å². The molecule has 3 fully saturated rings. The maximum atomic E-state index is 12.8. The lowest BCUT2D eigenvalue weighted by Crippen LogP contribution is -2.32. The smallest absolute Gasteiger partial charge is 0.253 e. The predicted octanol–water partition coefficient (Wildman–Crippen LogP) is 4.54. The van der Waals surface area contributed by atoms with Gasteiger partial charge in [-0.25, -0.2) is 0 Å². The molecule has 4 amide bonds. The Morgan fingerprint density at radius 2 is 0.842 bits per heavy atom. The molecule has 5 rings (SSSR count). The lowest BCUT2D eigenvalue weighted by atomic mass is 9.81. The van der Waals surface area contributed by atoms with E-state index in [1.54, 1.807) is 48.5 Å². The van der Waals surface area contributed by atoms with Crippen LogP contribution in [0.3, 0.4) is 0 Å². The zero-order valence-electron chi connectivity index (χ0n) is 21.8. The van der Waals surface area contributed by atoms with Crippen LogP contribution in [0.2, 0.25) is 0 Å². The first-order valence-electron chi connectivity index (χ1n) is 13.9. The van der Waals surface area contributed by atoms with E-state index in [0.29, 0.717) is 48.2 Å². The molecular weight excluding hydrogens is 480 g/mol. The van der Waals surface area contributed by atoms with Gasteiger partial charge in [0.05, 0.1) is 0 Å². The summed E-state index contributed by atoms with van der Waals surface area (Å²) in [4.78, 5) is 54.4. The molecule has 0 unspecified atom stereocenters. The van der Waals surface area contributed by atoms with Gasteiger partial charge in [0, 0.05) is 60.5 Å². The second-order valence-electron chi connectivity index (χ2n) is 10.7. The molecule has 1 aliphatic carbocycles. The number of likely N-dealkylation sites (tertiary alicyclic amines) is 2. The Bertz CT molecular complexity index is 1060. The maximum absolute atomic E-state index is 12.8. The van der Waals surface area contributed by atoms with Crippen LogP contribution in [-0.2, 0) is 9.59 Å². The van der Waals surface area contributed by atoms with E-state index < -0.39 is 0 Å². The van der Waals surface area contributed by atoms with Gasteiger partial charge >= 0.3 is 0 Å². The predicted molar refractivity (Wildman–Crippen MR) is 146 cm³/mol. The number of carbonyl (C=O) groups is 4. The van der Waals surface area contributed by atoms with Gasteiger partial charge in [-0.15, -0.1) is 0 Å². The molecular formula is C30H36N4O4. The van der Waals surface area contributed by atoms with E-state index in [9.17, 15) is 19.2 Å². The van der Waals surface area contributed by atoms with Gasteiger partial charge in [-0.05, 0) is 99.9 Å². The number of anilines is 2. The van der Waals surface area contributed by atoms with E-state index in [2.05, 4.69) is 10.6 Å². The van der Waals surface area contributed by atoms with E-state index >= 15 is 0 Å². The molecule has 200 valence electrons. The molecule has 2 aromatic carbocycles. The van der Waals surface area contributed by atoms with Crippen LogP contribution in [0.25, 0.3) is 0 Å². The Balaban J connectivity index is 1.07. The summed E-state index contributed by atoms with van der Waals surface area (Å²) in [6, 6.07) is 14.2. The van der Waals surface area contributed by atoms with Crippen molar-refractivity contribution >= 4 is 35.0 Å². The van der Waals surface area contributed by atoms with Crippen LogP contribution in [-0.4, -0.2) is 59.6 Å². The number of benzene rings is 2. The molecule has 8 heteroatoms. The van der Waals surface area contributed by atoms with Crippen LogP contribution in [0.4, 0.5) is 11.4 Å². The summed E-state index contributed by atoms with van der Waals surface area (Å²) in [5, 5.41) is 5.94. The molecule has 2 N–H and O–H groups in total. The van der Waals surface area contributed by atoms with E-state index in [0.717, 1.165) is 51.9 Å². The Hall–Kier alpha value is -3.68. The molecule has 0 spiro atoms. The Kier molecular flexibility index (Phi) is 8.05. The van der Waals surface area contributed by atoms with Gasteiger partial charge in [0.2, 0.25) is 11.8 Å². The highest BCUT2D eigenvalue weighted by molar-refractivity contribution is 5.98. The van der Waals surface area contributed by atoms with Crippen LogP contribution < -0.4 is 10.6 Å². The summed E-state index contributed by atoms with van der Waals surface area (Å²) >= 11 is 0. The number of carbonyl (C=O) groups excluding carboxylic acids is 4. The van der Waals surface area contributed by atoms with Crippen molar-refractivity contribution in [1.29, 1.82) is 0 Å². The van der Waals surface area contributed by atoms with Gasteiger partial charge in [0.1, 0.15) is 0 Å². The minimum Gasteiger partial charge on any atom is -0.339 e. The summed E-state index contributed by atoms with van der Waals surface area (Å²) in [5.74, 6) is -0.268. The highest BCUT2D eigenvalue weighted by Crippen LogP contribution is 2.31. The highest BCUT2D eigenvalue weighted by Gasteiger charge is 2.30. The lowest BCUT2D eigenvalue weighted by molar-refractivity contribution is -0.125. The first kappa shape index (κ1) is 25.9. The van der Waals surface area contributed by atoms with Gasteiger partial charge < -0.3 is 20.4 Å².